The number of ether oxygens (including phenoxy) is 1. The maximum absolute atomic E-state index is 11.4. The number of fused-ring (bicyclic) bond motifs is 1. The molecule has 2 aromatic carbocycles. The first-order valence-electron chi connectivity index (χ1n) is 19.0. The van der Waals surface area contributed by atoms with Crippen LogP contribution in [0.25, 0.3) is 11.0 Å². The van der Waals surface area contributed by atoms with Gasteiger partial charge in [-0.2, -0.15) is 10.1 Å². The molecule has 1 aliphatic heterocycles. The number of carbonyl (C=O) groups is 1. The molecule has 1 fully saturated rings. The molecule has 1 saturated heterocycles. The highest BCUT2D eigenvalue weighted by atomic mass is 28.4. The van der Waals surface area contributed by atoms with Crippen molar-refractivity contribution in [1.82, 2.24) is 29.6 Å². The van der Waals surface area contributed by atoms with Gasteiger partial charge in [-0.05, 0) is 65.6 Å². The number of methoxy groups -OCH3 is 1. The molecular weight excluding hydrogens is 697 g/mol. The summed E-state index contributed by atoms with van der Waals surface area (Å²) in [7, 11) is -1.05. The quantitative estimate of drug-likeness (QED) is 0.106. The Labute approximate surface area is 319 Å². The van der Waals surface area contributed by atoms with Gasteiger partial charge in [-0.1, -0.05) is 94.8 Å². The van der Waals surface area contributed by atoms with Gasteiger partial charge in [0.15, 0.2) is 5.82 Å². The topological polar surface area (TPSA) is 154 Å². The molecule has 3 aromatic heterocycles. The van der Waals surface area contributed by atoms with Crippen LogP contribution in [0.2, 0.25) is 5.04 Å². The van der Waals surface area contributed by atoms with E-state index in [1.165, 1.54) is 15.3 Å². The minimum Gasteiger partial charge on any atom is -0.495 e. The highest BCUT2D eigenvalue weighted by Gasteiger charge is 2.50. The minimum absolute atomic E-state index is 0.0499. The van der Waals surface area contributed by atoms with E-state index in [0.717, 1.165) is 54.6 Å². The van der Waals surface area contributed by atoms with Crippen molar-refractivity contribution in [2.75, 3.05) is 37.9 Å². The van der Waals surface area contributed by atoms with E-state index in [2.05, 4.69) is 98.7 Å². The fourth-order valence-electron chi connectivity index (χ4n) is 7.96. The van der Waals surface area contributed by atoms with Crippen molar-refractivity contribution in [3.8, 4) is 5.75 Å². The molecule has 0 saturated carbocycles. The van der Waals surface area contributed by atoms with E-state index in [9.17, 15) is 9.90 Å². The molecular formula is C41H54N8O4Si. The van der Waals surface area contributed by atoms with Crippen molar-refractivity contribution in [3.05, 3.63) is 89.9 Å². The number of nitrogens with zero attached hydrogens (tertiary/aromatic N) is 6. The third-order valence-electron chi connectivity index (χ3n) is 10.7. The van der Waals surface area contributed by atoms with E-state index in [0.29, 0.717) is 43.3 Å². The van der Waals surface area contributed by atoms with Crippen molar-refractivity contribution in [1.29, 1.82) is 0 Å². The van der Waals surface area contributed by atoms with Crippen LogP contribution in [0.5, 0.6) is 5.75 Å². The van der Waals surface area contributed by atoms with E-state index in [1.807, 2.05) is 23.9 Å². The number of nitrogens with two attached hydrogens (primary N) is 1. The summed E-state index contributed by atoms with van der Waals surface area (Å²) in [6.07, 6.45) is 5.15. The maximum Gasteiger partial charge on any atom is 0.407 e. The van der Waals surface area contributed by atoms with E-state index < -0.39 is 14.4 Å². The fraction of sp³-hybridized carbons (Fsp3) is 0.439. The lowest BCUT2D eigenvalue weighted by molar-refractivity contribution is 0.132. The number of nitrogen functional groups attached to an aromatic ring is 1. The zero-order valence-electron chi connectivity index (χ0n) is 32.4. The van der Waals surface area contributed by atoms with Gasteiger partial charge in [0.2, 0.25) is 5.95 Å². The van der Waals surface area contributed by atoms with Gasteiger partial charge < -0.3 is 30.2 Å². The Morgan fingerprint density at radius 3 is 2.26 bits per heavy atom. The van der Waals surface area contributed by atoms with Crippen LogP contribution in [-0.2, 0) is 11.0 Å². The summed E-state index contributed by atoms with van der Waals surface area (Å²) in [5, 5.41) is 20.4. The molecule has 1 amide bonds. The maximum atomic E-state index is 11.4. The molecule has 286 valence electrons. The van der Waals surface area contributed by atoms with Gasteiger partial charge in [0.05, 0.1) is 19.3 Å². The van der Waals surface area contributed by atoms with Gasteiger partial charge in [-0.15, -0.1) is 0 Å². The molecule has 0 aliphatic carbocycles. The SMILES string of the molecule is CCCC(CCO[Si](c1ccccc1)(c1ccccc1)C(C)(C)C)Nc1nc(N)nc2c(C)nn(Cc3ncc(C4CCN(C(=O)O)CC4)cc3OC)c12. The van der Waals surface area contributed by atoms with Crippen LogP contribution >= 0.6 is 0 Å². The number of amides is 1. The van der Waals surface area contributed by atoms with Crippen LogP contribution < -0.4 is 26.2 Å². The standard InChI is InChI=1S/C41H54N8O4Si/c1-7-14-31(21-24-53-54(41(3,4)5,32-15-10-8-11-16-32)33-17-12-9-13-18-33)44-38-37-36(45-39(42)46-38)28(2)47-49(37)27-34-35(52-6)25-30(26-43-34)29-19-22-48(23-20-29)40(50)51/h8-13,15-18,25-26,29,31H,7,14,19-24,27H2,1-6H3,(H,50,51)(H3,42,44,45,46). The zero-order valence-corrected chi connectivity index (χ0v) is 33.4. The number of aryl methyl sites for hydroxylation is 1. The van der Waals surface area contributed by atoms with Gasteiger partial charge in [-0.25, -0.2) is 9.78 Å². The summed E-state index contributed by atoms with van der Waals surface area (Å²) in [6.45, 7) is 12.9. The number of hydrogen-bond donors (Lipinski definition) is 3. The van der Waals surface area contributed by atoms with Crippen molar-refractivity contribution >= 4 is 47.6 Å². The number of aromatic nitrogens is 5. The average molecular weight is 751 g/mol. The number of rotatable bonds is 14. The predicted octanol–water partition coefficient (Wildman–Crippen LogP) is 6.57. The fourth-order valence-corrected chi connectivity index (χ4v) is 12.5. The summed E-state index contributed by atoms with van der Waals surface area (Å²) in [6, 6.07) is 23.5. The Morgan fingerprint density at radius 1 is 1.04 bits per heavy atom. The second kappa shape index (κ2) is 16.6. The van der Waals surface area contributed by atoms with Gasteiger partial charge >= 0.3 is 6.09 Å². The number of nitrogens with one attached hydrogen (secondary N) is 1. The number of likely N-dealkylation sites (tertiary alicyclic amines) is 1. The third kappa shape index (κ3) is 8.07. The first-order chi connectivity index (χ1) is 25.9. The van der Waals surface area contributed by atoms with Crippen LogP contribution in [0.1, 0.15) is 82.7 Å². The second-order valence-corrected chi connectivity index (χ2v) is 19.6. The highest BCUT2D eigenvalue weighted by Crippen LogP contribution is 2.37. The molecule has 4 N–H and O–H groups in total. The number of pyridine rings is 1. The molecule has 54 heavy (non-hydrogen) atoms. The molecule has 13 heteroatoms. The van der Waals surface area contributed by atoms with Crippen LogP contribution in [0.15, 0.2) is 72.9 Å². The van der Waals surface area contributed by atoms with E-state index in [-0.39, 0.29) is 22.9 Å². The third-order valence-corrected chi connectivity index (χ3v) is 15.7. The van der Waals surface area contributed by atoms with E-state index in [4.69, 9.17) is 30.0 Å². The van der Waals surface area contributed by atoms with Crippen molar-refractivity contribution in [3.63, 3.8) is 0 Å². The largest absolute Gasteiger partial charge is 0.495 e. The molecule has 6 rings (SSSR count). The minimum atomic E-state index is -2.70. The molecule has 1 atom stereocenters. The second-order valence-electron chi connectivity index (χ2n) is 15.3. The van der Waals surface area contributed by atoms with Crippen LogP contribution in [-0.4, -0.2) is 82.0 Å². The molecule has 0 radical (unpaired) electrons. The predicted molar refractivity (Wildman–Crippen MR) is 216 cm³/mol. The molecule has 0 bridgehead atoms. The lowest BCUT2D eigenvalue weighted by Crippen LogP contribution is -2.66. The van der Waals surface area contributed by atoms with Crippen molar-refractivity contribution < 1.29 is 19.1 Å². The Morgan fingerprint density at radius 2 is 1.69 bits per heavy atom. The summed E-state index contributed by atoms with van der Waals surface area (Å²) < 4.78 is 15.0. The zero-order chi connectivity index (χ0) is 38.5. The molecule has 1 aliphatic rings. The molecule has 1 unspecified atom stereocenters. The lowest BCUT2D eigenvalue weighted by atomic mass is 9.90. The van der Waals surface area contributed by atoms with Crippen molar-refractivity contribution in [2.24, 2.45) is 0 Å². The van der Waals surface area contributed by atoms with Crippen LogP contribution in [0, 0.1) is 6.92 Å². The summed E-state index contributed by atoms with van der Waals surface area (Å²) in [4.78, 5) is 27.1. The van der Waals surface area contributed by atoms with Gasteiger partial charge in [0, 0.05) is 31.9 Å². The van der Waals surface area contributed by atoms with Gasteiger partial charge in [-0.3, -0.25) is 9.67 Å². The van der Waals surface area contributed by atoms with Crippen molar-refractivity contribution in [2.45, 2.75) is 90.3 Å². The summed E-state index contributed by atoms with van der Waals surface area (Å²) >= 11 is 0. The number of carboxylic acid groups (broad SMARTS) is 1. The smallest absolute Gasteiger partial charge is 0.407 e. The van der Waals surface area contributed by atoms with Crippen LogP contribution in [0.4, 0.5) is 16.6 Å². The van der Waals surface area contributed by atoms with E-state index >= 15 is 0 Å². The van der Waals surface area contributed by atoms with Gasteiger partial charge in [0.1, 0.15) is 22.5 Å². The van der Waals surface area contributed by atoms with Gasteiger partial charge in [0.25, 0.3) is 8.32 Å². The molecule has 0 spiro atoms. The van der Waals surface area contributed by atoms with E-state index in [1.54, 1.807) is 7.11 Å². The Bertz CT molecular complexity index is 1990. The molecule has 5 aromatic rings. The Kier molecular flexibility index (Phi) is 11.9. The van der Waals surface area contributed by atoms with Crippen LogP contribution in [0.3, 0.4) is 0 Å². The highest BCUT2D eigenvalue weighted by molar-refractivity contribution is 6.99. The lowest BCUT2D eigenvalue weighted by Gasteiger charge is -2.43. The number of piperidine rings is 1. The monoisotopic (exact) mass is 750 g/mol. The number of benzene rings is 2. The number of hydrogen-bond acceptors (Lipinski definition) is 9. The summed E-state index contributed by atoms with van der Waals surface area (Å²) in [5.74, 6) is 1.68. The normalized spacial score (nSPS) is 14.7. The molecule has 12 nitrogen and oxygen atoms in total. The Hall–Kier alpha value is -5.01. The summed E-state index contributed by atoms with van der Waals surface area (Å²) in [5.41, 5.74) is 10.3. The molecule has 4 heterocycles. The first kappa shape index (κ1) is 38.7. The Balaban J connectivity index is 1.26. The number of anilines is 2. The first-order valence-corrected chi connectivity index (χ1v) is 20.9. The average Bonchev–Trinajstić information content (AvgIpc) is 3.47.